The maximum absolute atomic E-state index is 10.7. The number of nitrogens with one attached hydrogen (secondary N) is 1. The number of hydrogen-bond donors (Lipinski definition) is 3. The van der Waals surface area contributed by atoms with Crippen molar-refractivity contribution in [2.75, 3.05) is 6.54 Å². The molecular formula is C9H21N3O2. The van der Waals surface area contributed by atoms with Crippen molar-refractivity contribution in [3.63, 3.8) is 0 Å². The van der Waals surface area contributed by atoms with Gasteiger partial charge in [-0.2, -0.15) is 0 Å². The molecule has 84 valence electrons. The molecule has 0 saturated carbocycles. The predicted octanol–water partition coefficient (Wildman–Crippen LogP) is -0.258. The average molecular weight is 203 g/mol. The molecule has 0 spiro atoms. The van der Waals surface area contributed by atoms with Crippen LogP contribution >= 0.6 is 0 Å². The lowest BCUT2D eigenvalue weighted by Crippen LogP contribution is -2.36. The molecule has 0 aromatic rings. The van der Waals surface area contributed by atoms with Gasteiger partial charge in [-0.05, 0) is 13.3 Å². The van der Waals surface area contributed by atoms with E-state index in [1.54, 1.807) is 0 Å². The second kappa shape index (κ2) is 11.9. The minimum atomic E-state index is -0.0615. The van der Waals surface area contributed by atoms with Gasteiger partial charge in [-0.25, -0.2) is 0 Å². The summed E-state index contributed by atoms with van der Waals surface area (Å²) in [5, 5.41) is 2.80. The second-order valence-corrected chi connectivity index (χ2v) is 2.95. The molecule has 0 heterocycles. The number of nitrogens with two attached hydrogens (primary N) is 2. The van der Waals surface area contributed by atoms with Crippen LogP contribution in [0.25, 0.3) is 0 Å². The van der Waals surface area contributed by atoms with E-state index in [1.165, 1.54) is 6.42 Å². The van der Waals surface area contributed by atoms with Gasteiger partial charge in [0.15, 0.2) is 0 Å². The lowest BCUT2D eigenvalue weighted by molar-refractivity contribution is -0.120. The van der Waals surface area contributed by atoms with Gasteiger partial charge in [0.1, 0.15) is 0 Å². The SMILES string of the molecule is CCCCC(C)NC(=O)CN.NC=O. The third-order valence-electron chi connectivity index (χ3n) is 1.58. The highest BCUT2D eigenvalue weighted by molar-refractivity contribution is 5.77. The fourth-order valence-electron chi connectivity index (χ4n) is 0.916. The fourth-order valence-corrected chi connectivity index (χ4v) is 0.916. The lowest BCUT2D eigenvalue weighted by Gasteiger charge is -2.11. The minimum Gasteiger partial charge on any atom is -0.372 e. The van der Waals surface area contributed by atoms with E-state index < -0.39 is 0 Å². The molecule has 0 aliphatic heterocycles. The maximum atomic E-state index is 10.7. The lowest BCUT2D eigenvalue weighted by atomic mass is 10.1. The fraction of sp³-hybridized carbons (Fsp3) is 0.778. The van der Waals surface area contributed by atoms with Gasteiger partial charge in [0.05, 0.1) is 6.54 Å². The van der Waals surface area contributed by atoms with E-state index in [4.69, 9.17) is 10.5 Å². The van der Waals surface area contributed by atoms with Crippen molar-refractivity contribution in [2.24, 2.45) is 11.5 Å². The second-order valence-electron chi connectivity index (χ2n) is 2.95. The zero-order valence-electron chi connectivity index (χ0n) is 8.95. The number of unbranched alkanes of at least 4 members (excludes halogenated alkanes) is 1. The first kappa shape index (κ1) is 15.4. The van der Waals surface area contributed by atoms with Crippen LogP contribution in [0.15, 0.2) is 0 Å². The summed E-state index contributed by atoms with van der Waals surface area (Å²) in [4.78, 5) is 19.3. The number of hydrogen-bond acceptors (Lipinski definition) is 3. The standard InChI is InChI=1S/C8H18N2O.CH3NO/c1-3-4-5-7(2)10-8(11)6-9;2-1-3/h7H,3-6,9H2,1-2H3,(H,10,11);1H,(H2,2,3). The Labute approximate surface area is 85.2 Å². The molecule has 0 saturated heterocycles. The van der Waals surface area contributed by atoms with Crippen LogP contribution in [0.2, 0.25) is 0 Å². The summed E-state index contributed by atoms with van der Waals surface area (Å²) >= 11 is 0. The molecule has 1 unspecified atom stereocenters. The van der Waals surface area contributed by atoms with Crippen LogP contribution in [0, 0.1) is 0 Å². The number of rotatable bonds is 5. The summed E-state index contributed by atoms with van der Waals surface area (Å²) in [6.45, 7) is 4.23. The monoisotopic (exact) mass is 203 g/mol. The van der Waals surface area contributed by atoms with E-state index in [-0.39, 0.29) is 24.9 Å². The number of primary amides is 1. The van der Waals surface area contributed by atoms with Crippen LogP contribution in [0.5, 0.6) is 0 Å². The van der Waals surface area contributed by atoms with E-state index in [2.05, 4.69) is 18.0 Å². The van der Waals surface area contributed by atoms with Crippen molar-refractivity contribution in [1.82, 2.24) is 5.32 Å². The Bertz CT molecular complexity index is 151. The summed E-state index contributed by atoms with van der Waals surface area (Å²) in [7, 11) is 0. The van der Waals surface area contributed by atoms with Crippen LogP contribution in [0.4, 0.5) is 0 Å². The molecule has 0 fully saturated rings. The average Bonchev–Trinajstić information content (AvgIpc) is 2.15. The van der Waals surface area contributed by atoms with Gasteiger partial charge in [0, 0.05) is 6.04 Å². The van der Waals surface area contributed by atoms with E-state index in [0.29, 0.717) is 0 Å². The predicted molar refractivity (Wildman–Crippen MR) is 56.4 cm³/mol. The van der Waals surface area contributed by atoms with E-state index in [9.17, 15) is 4.79 Å². The Morgan fingerprint density at radius 3 is 2.43 bits per heavy atom. The van der Waals surface area contributed by atoms with E-state index in [0.717, 1.165) is 12.8 Å². The molecule has 0 rings (SSSR count). The van der Waals surface area contributed by atoms with Crippen LogP contribution in [-0.4, -0.2) is 24.9 Å². The number of carbonyl (C=O) groups excluding carboxylic acids is 2. The molecule has 0 aromatic heterocycles. The third-order valence-corrected chi connectivity index (χ3v) is 1.58. The zero-order chi connectivity index (χ0) is 11.4. The van der Waals surface area contributed by atoms with Crippen molar-refractivity contribution in [3.05, 3.63) is 0 Å². The van der Waals surface area contributed by atoms with Gasteiger partial charge >= 0.3 is 0 Å². The van der Waals surface area contributed by atoms with Crippen LogP contribution in [0.1, 0.15) is 33.1 Å². The highest BCUT2D eigenvalue weighted by atomic mass is 16.1. The Morgan fingerprint density at radius 1 is 1.57 bits per heavy atom. The summed E-state index contributed by atoms with van der Waals surface area (Å²) < 4.78 is 0. The molecule has 1 atom stereocenters. The van der Waals surface area contributed by atoms with Crippen molar-refractivity contribution in [3.8, 4) is 0 Å². The molecule has 5 nitrogen and oxygen atoms in total. The summed E-state index contributed by atoms with van der Waals surface area (Å²) in [5.41, 5.74) is 9.30. The normalized spacial score (nSPS) is 10.8. The third kappa shape index (κ3) is 13.5. The van der Waals surface area contributed by atoms with Gasteiger partial charge in [-0.3, -0.25) is 9.59 Å². The molecule has 0 aliphatic carbocycles. The summed E-state index contributed by atoms with van der Waals surface area (Å²) in [6.07, 6.45) is 3.62. The van der Waals surface area contributed by atoms with Crippen LogP contribution in [-0.2, 0) is 9.59 Å². The number of carbonyl (C=O) groups is 2. The molecule has 0 bridgehead atoms. The number of amides is 2. The smallest absolute Gasteiger partial charge is 0.233 e. The molecule has 0 aliphatic rings. The van der Waals surface area contributed by atoms with Gasteiger partial charge in [0.25, 0.3) is 0 Å². The summed E-state index contributed by atoms with van der Waals surface area (Å²) in [6, 6.07) is 0.269. The molecule has 2 amide bonds. The van der Waals surface area contributed by atoms with E-state index in [1.807, 2.05) is 6.92 Å². The van der Waals surface area contributed by atoms with Gasteiger partial charge in [-0.15, -0.1) is 0 Å². The first-order chi connectivity index (χ1) is 6.62. The van der Waals surface area contributed by atoms with Gasteiger partial charge in [0.2, 0.25) is 12.3 Å². The van der Waals surface area contributed by atoms with Crippen molar-refractivity contribution in [2.45, 2.75) is 39.2 Å². The quantitative estimate of drug-likeness (QED) is 0.537. The van der Waals surface area contributed by atoms with Crippen LogP contribution < -0.4 is 16.8 Å². The highest BCUT2D eigenvalue weighted by Gasteiger charge is 2.03. The van der Waals surface area contributed by atoms with Gasteiger partial charge < -0.3 is 16.8 Å². The van der Waals surface area contributed by atoms with Gasteiger partial charge in [-0.1, -0.05) is 19.8 Å². The maximum Gasteiger partial charge on any atom is 0.233 e. The molecule has 0 radical (unpaired) electrons. The van der Waals surface area contributed by atoms with Crippen molar-refractivity contribution < 1.29 is 9.59 Å². The molecular weight excluding hydrogens is 182 g/mol. The topological polar surface area (TPSA) is 98.2 Å². The Hall–Kier alpha value is -1.10. The molecule has 14 heavy (non-hydrogen) atoms. The highest BCUT2D eigenvalue weighted by Crippen LogP contribution is 1.98. The minimum absolute atomic E-state index is 0.0615. The molecule has 0 aromatic carbocycles. The summed E-state index contributed by atoms with van der Waals surface area (Å²) in [5.74, 6) is -0.0615. The van der Waals surface area contributed by atoms with Crippen molar-refractivity contribution in [1.29, 1.82) is 0 Å². The first-order valence-corrected chi connectivity index (χ1v) is 4.77. The Balaban J connectivity index is 0. The first-order valence-electron chi connectivity index (χ1n) is 4.77. The van der Waals surface area contributed by atoms with Crippen molar-refractivity contribution >= 4 is 12.3 Å². The Kier molecular flexibility index (Phi) is 13.1. The van der Waals surface area contributed by atoms with E-state index >= 15 is 0 Å². The zero-order valence-corrected chi connectivity index (χ0v) is 8.95. The molecule has 5 N–H and O–H groups in total. The molecule has 5 heteroatoms. The van der Waals surface area contributed by atoms with Crippen LogP contribution in [0.3, 0.4) is 0 Å². The largest absolute Gasteiger partial charge is 0.372 e. The Morgan fingerprint density at radius 2 is 2.07 bits per heavy atom.